The standard InChI is InChI=1S/C14H16N2O3/c1-16(8-5-12-4-2-3-7-15-12)10-11-6-9-19-13(11)14(17)18/h2-4,6-7,9H,5,8,10H2,1H3,(H,17,18). The summed E-state index contributed by atoms with van der Waals surface area (Å²) in [6, 6.07) is 7.52. The van der Waals surface area contributed by atoms with Crippen molar-refractivity contribution in [1.82, 2.24) is 9.88 Å². The first-order chi connectivity index (χ1) is 9.16. The lowest BCUT2D eigenvalue weighted by Crippen LogP contribution is -2.21. The Morgan fingerprint density at radius 3 is 2.95 bits per heavy atom. The fourth-order valence-electron chi connectivity index (χ4n) is 1.87. The number of hydrogen-bond acceptors (Lipinski definition) is 4. The van der Waals surface area contributed by atoms with Crippen molar-refractivity contribution >= 4 is 5.97 Å². The molecule has 1 N–H and O–H groups in total. The quantitative estimate of drug-likeness (QED) is 0.861. The first-order valence-corrected chi connectivity index (χ1v) is 6.05. The van der Waals surface area contributed by atoms with Crippen LogP contribution in [0.3, 0.4) is 0 Å². The molecule has 2 aromatic rings. The zero-order valence-corrected chi connectivity index (χ0v) is 10.7. The van der Waals surface area contributed by atoms with Gasteiger partial charge in [-0.1, -0.05) is 6.07 Å². The van der Waals surface area contributed by atoms with Gasteiger partial charge in [0.15, 0.2) is 0 Å². The summed E-state index contributed by atoms with van der Waals surface area (Å²) in [5.74, 6) is -1.01. The molecule has 0 saturated heterocycles. The van der Waals surface area contributed by atoms with E-state index < -0.39 is 5.97 Å². The van der Waals surface area contributed by atoms with Crippen molar-refractivity contribution in [3.63, 3.8) is 0 Å². The second kappa shape index (κ2) is 6.15. The molecular formula is C14H16N2O3. The average molecular weight is 260 g/mol. The molecule has 0 radical (unpaired) electrons. The lowest BCUT2D eigenvalue weighted by Gasteiger charge is -2.15. The van der Waals surface area contributed by atoms with Crippen LogP contribution in [0.25, 0.3) is 0 Å². The molecule has 0 atom stereocenters. The molecule has 2 rings (SSSR count). The zero-order valence-electron chi connectivity index (χ0n) is 10.7. The summed E-state index contributed by atoms with van der Waals surface area (Å²) in [5.41, 5.74) is 1.72. The number of aromatic nitrogens is 1. The van der Waals surface area contributed by atoms with Crippen molar-refractivity contribution in [2.45, 2.75) is 13.0 Å². The maximum absolute atomic E-state index is 10.9. The third kappa shape index (κ3) is 3.66. The van der Waals surface area contributed by atoms with Gasteiger partial charge in [0.1, 0.15) is 0 Å². The van der Waals surface area contributed by atoms with Gasteiger partial charge in [0.25, 0.3) is 0 Å². The molecule has 0 aliphatic heterocycles. The number of hydrogen-bond donors (Lipinski definition) is 1. The van der Waals surface area contributed by atoms with E-state index in [0.29, 0.717) is 12.1 Å². The Balaban J connectivity index is 1.89. The lowest BCUT2D eigenvalue weighted by atomic mass is 10.2. The number of carboxylic acids is 1. The molecule has 0 aromatic carbocycles. The Bertz CT molecular complexity index is 537. The summed E-state index contributed by atoms with van der Waals surface area (Å²) in [7, 11) is 1.95. The number of nitrogens with zero attached hydrogens (tertiary/aromatic N) is 2. The van der Waals surface area contributed by atoms with E-state index in [9.17, 15) is 4.79 Å². The third-order valence-corrected chi connectivity index (χ3v) is 2.86. The van der Waals surface area contributed by atoms with Crippen LogP contribution in [0.5, 0.6) is 0 Å². The van der Waals surface area contributed by atoms with Crippen molar-refractivity contribution in [3.05, 3.63) is 53.7 Å². The van der Waals surface area contributed by atoms with Gasteiger partial charge in [-0.25, -0.2) is 4.79 Å². The van der Waals surface area contributed by atoms with Crippen LogP contribution < -0.4 is 0 Å². The van der Waals surface area contributed by atoms with Crippen molar-refractivity contribution in [2.75, 3.05) is 13.6 Å². The van der Waals surface area contributed by atoms with Crippen LogP contribution in [0, 0.1) is 0 Å². The predicted octanol–water partition coefficient (Wildman–Crippen LogP) is 2.05. The maximum Gasteiger partial charge on any atom is 0.372 e. The summed E-state index contributed by atoms with van der Waals surface area (Å²) >= 11 is 0. The fourth-order valence-corrected chi connectivity index (χ4v) is 1.87. The number of carbonyl (C=O) groups is 1. The zero-order chi connectivity index (χ0) is 13.7. The van der Waals surface area contributed by atoms with Crippen LogP contribution in [0.15, 0.2) is 41.1 Å². The number of carboxylic acid groups (broad SMARTS) is 1. The first-order valence-electron chi connectivity index (χ1n) is 6.05. The highest BCUT2D eigenvalue weighted by Gasteiger charge is 2.15. The monoisotopic (exact) mass is 260 g/mol. The Morgan fingerprint density at radius 2 is 2.26 bits per heavy atom. The predicted molar refractivity (Wildman–Crippen MR) is 69.9 cm³/mol. The van der Waals surface area contributed by atoms with Gasteiger partial charge in [-0.2, -0.15) is 0 Å². The van der Waals surface area contributed by atoms with Crippen LogP contribution >= 0.6 is 0 Å². The van der Waals surface area contributed by atoms with E-state index in [1.807, 2.05) is 30.1 Å². The lowest BCUT2D eigenvalue weighted by molar-refractivity contribution is 0.0659. The van der Waals surface area contributed by atoms with Crippen molar-refractivity contribution < 1.29 is 14.3 Å². The largest absolute Gasteiger partial charge is 0.475 e. The maximum atomic E-state index is 10.9. The summed E-state index contributed by atoms with van der Waals surface area (Å²) < 4.78 is 4.95. The minimum Gasteiger partial charge on any atom is -0.475 e. The van der Waals surface area contributed by atoms with E-state index in [4.69, 9.17) is 9.52 Å². The van der Waals surface area contributed by atoms with E-state index in [2.05, 4.69) is 4.98 Å². The number of likely N-dealkylation sites (N-methyl/N-ethyl adjacent to an activating group) is 1. The van der Waals surface area contributed by atoms with Crippen LogP contribution in [0.1, 0.15) is 21.8 Å². The Labute approximate surface area is 111 Å². The molecule has 0 fully saturated rings. The van der Waals surface area contributed by atoms with Gasteiger partial charge in [0.2, 0.25) is 5.76 Å². The van der Waals surface area contributed by atoms with Crippen LogP contribution in [-0.2, 0) is 13.0 Å². The highest BCUT2D eigenvalue weighted by Crippen LogP contribution is 2.12. The molecule has 0 amide bonds. The molecule has 0 bridgehead atoms. The Kier molecular flexibility index (Phi) is 4.30. The fraction of sp³-hybridized carbons (Fsp3) is 0.286. The van der Waals surface area contributed by atoms with Gasteiger partial charge in [-0.05, 0) is 25.2 Å². The molecule has 5 heteroatoms. The Morgan fingerprint density at radius 1 is 1.42 bits per heavy atom. The van der Waals surface area contributed by atoms with Gasteiger partial charge >= 0.3 is 5.97 Å². The van der Waals surface area contributed by atoms with Crippen molar-refractivity contribution in [3.8, 4) is 0 Å². The highest BCUT2D eigenvalue weighted by atomic mass is 16.4. The molecule has 5 nitrogen and oxygen atoms in total. The second-order valence-electron chi connectivity index (χ2n) is 4.39. The highest BCUT2D eigenvalue weighted by molar-refractivity contribution is 5.86. The molecule has 19 heavy (non-hydrogen) atoms. The SMILES string of the molecule is CN(CCc1ccccn1)Cc1ccoc1C(=O)O. The van der Waals surface area contributed by atoms with E-state index in [0.717, 1.165) is 18.7 Å². The third-order valence-electron chi connectivity index (χ3n) is 2.86. The van der Waals surface area contributed by atoms with Crippen molar-refractivity contribution in [2.24, 2.45) is 0 Å². The van der Waals surface area contributed by atoms with Crippen molar-refractivity contribution in [1.29, 1.82) is 0 Å². The number of furan rings is 1. The van der Waals surface area contributed by atoms with E-state index in [1.54, 1.807) is 12.3 Å². The minimum atomic E-state index is -1.03. The topological polar surface area (TPSA) is 66.6 Å². The molecule has 2 aromatic heterocycles. The van der Waals surface area contributed by atoms with Crippen LogP contribution in [0.2, 0.25) is 0 Å². The molecular weight excluding hydrogens is 244 g/mol. The number of pyridine rings is 1. The molecule has 2 heterocycles. The molecule has 0 spiro atoms. The number of rotatable bonds is 6. The average Bonchev–Trinajstić information content (AvgIpc) is 2.86. The van der Waals surface area contributed by atoms with Gasteiger partial charge in [-0.3, -0.25) is 4.98 Å². The summed E-state index contributed by atoms with van der Waals surface area (Å²) in [6.45, 7) is 1.35. The smallest absolute Gasteiger partial charge is 0.372 e. The normalized spacial score (nSPS) is 10.8. The van der Waals surface area contributed by atoms with E-state index in [-0.39, 0.29) is 5.76 Å². The molecule has 0 saturated carbocycles. The molecule has 0 unspecified atom stereocenters. The first kappa shape index (κ1) is 13.3. The second-order valence-corrected chi connectivity index (χ2v) is 4.39. The summed E-state index contributed by atoms with van der Waals surface area (Å²) in [6.07, 6.45) is 4.01. The van der Waals surface area contributed by atoms with Gasteiger partial charge < -0.3 is 14.4 Å². The van der Waals surface area contributed by atoms with E-state index >= 15 is 0 Å². The minimum absolute atomic E-state index is 0.0182. The van der Waals surface area contributed by atoms with Gasteiger partial charge in [-0.15, -0.1) is 0 Å². The number of aromatic carboxylic acids is 1. The van der Waals surface area contributed by atoms with Crippen LogP contribution in [-0.4, -0.2) is 34.6 Å². The Hall–Kier alpha value is -2.14. The molecule has 0 aliphatic rings. The molecule has 0 aliphatic carbocycles. The van der Waals surface area contributed by atoms with Gasteiger partial charge in [0.05, 0.1) is 6.26 Å². The molecule has 100 valence electrons. The summed E-state index contributed by atoms with van der Waals surface area (Å²) in [4.78, 5) is 17.2. The van der Waals surface area contributed by atoms with Gasteiger partial charge in [0, 0.05) is 37.0 Å². The van der Waals surface area contributed by atoms with E-state index in [1.165, 1.54) is 6.26 Å². The summed E-state index contributed by atoms with van der Waals surface area (Å²) in [5, 5.41) is 8.95. The van der Waals surface area contributed by atoms with Crippen LogP contribution in [0.4, 0.5) is 0 Å².